The van der Waals surface area contributed by atoms with E-state index in [1.165, 1.54) is 5.57 Å². The quantitative estimate of drug-likeness (QED) is 0.384. The van der Waals surface area contributed by atoms with Crippen LogP contribution in [0.15, 0.2) is 77.9 Å². The highest BCUT2D eigenvalue weighted by Crippen LogP contribution is 2.50. The summed E-state index contributed by atoms with van der Waals surface area (Å²) in [5.74, 6) is 1.07. The lowest BCUT2D eigenvalue weighted by molar-refractivity contribution is -0.194. The van der Waals surface area contributed by atoms with Crippen LogP contribution in [0.1, 0.15) is 38.7 Å². The van der Waals surface area contributed by atoms with E-state index in [2.05, 4.69) is 6.08 Å². The van der Waals surface area contributed by atoms with Gasteiger partial charge >= 0.3 is 11.9 Å². The predicted octanol–water partition coefficient (Wildman–Crippen LogP) is 5.55. The van der Waals surface area contributed by atoms with Crippen LogP contribution in [0, 0.1) is 5.41 Å². The molecule has 0 saturated carbocycles. The molecule has 2 aromatic carbocycles. The van der Waals surface area contributed by atoms with Gasteiger partial charge in [-0.2, -0.15) is 0 Å². The Morgan fingerprint density at radius 2 is 1.91 bits per heavy atom. The van der Waals surface area contributed by atoms with E-state index < -0.39 is 5.41 Å². The number of aryl methyl sites for hydroxylation is 1. The average Bonchev–Trinajstić information content (AvgIpc) is 3.07. The maximum absolute atomic E-state index is 12.3. The van der Waals surface area contributed by atoms with E-state index in [0.29, 0.717) is 19.3 Å². The predicted molar refractivity (Wildman–Crippen MR) is 121 cm³/mol. The second-order valence-corrected chi connectivity index (χ2v) is 8.65. The summed E-state index contributed by atoms with van der Waals surface area (Å²) in [4.78, 5) is 24.4. The van der Waals surface area contributed by atoms with E-state index in [0.717, 1.165) is 22.6 Å². The molecule has 0 aromatic heterocycles. The van der Waals surface area contributed by atoms with Gasteiger partial charge in [0.2, 0.25) is 0 Å². The molecule has 166 valence electrons. The smallest absolute Gasteiger partial charge is 0.320 e. The van der Waals surface area contributed by atoms with Crippen molar-refractivity contribution in [2.24, 2.45) is 5.41 Å². The van der Waals surface area contributed by atoms with Crippen molar-refractivity contribution in [2.75, 3.05) is 6.61 Å². The summed E-state index contributed by atoms with van der Waals surface area (Å²) >= 11 is 0. The number of carbonyl (C=O) groups excluding carboxylic acids is 2. The van der Waals surface area contributed by atoms with E-state index in [4.69, 9.17) is 14.2 Å². The van der Waals surface area contributed by atoms with Crippen molar-refractivity contribution in [2.45, 2.75) is 45.6 Å². The Balaban J connectivity index is 1.27. The lowest BCUT2D eigenvalue weighted by Crippen LogP contribution is -2.52. The fraction of sp³-hybridized carbons (Fsp3) is 0.333. The number of ether oxygens (including phenoxy) is 3. The maximum atomic E-state index is 12.3. The van der Waals surface area contributed by atoms with Crippen molar-refractivity contribution in [1.82, 2.24) is 0 Å². The van der Waals surface area contributed by atoms with E-state index >= 15 is 0 Å². The second-order valence-electron chi connectivity index (χ2n) is 8.65. The third-order valence-electron chi connectivity index (χ3n) is 5.87. The molecule has 1 heterocycles. The molecule has 0 radical (unpaired) electrons. The largest absolute Gasteiger partial charge is 0.461 e. The van der Waals surface area contributed by atoms with Gasteiger partial charge in [0.05, 0.1) is 0 Å². The first-order valence-electron chi connectivity index (χ1n) is 11.0. The molecule has 5 nitrogen and oxygen atoms in total. The number of hydrogen-bond donors (Lipinski definition) is 0. The van der Waals surface area contributed by atoms with Crippen LogP contribution in [0.25, 0.3) is 0 Å². The Labute approximate surface area is 188 Å². The Morgan fingerprint density at radius 1 is 1.12 bits per heavy atom. The molecule has 32 heavy (non-hydrogen) atoms. The summed E-state index contributed by atoms with van der Waals surface area (Å²) < 4.78 is 16.7. The van der Waals surface area contributed by atoms with Gasteiger partial charge < -0.3 is 14.2 Å². The molecule has 1 fully saturated rings. The van der Waals surface area contributed by atoms with Gasteiger partial charge in [-0.25, -0.2) is 0 Å². The van der Waals surface area contributed by atoms with Gasteiger partial charge in [0, 0.05) is 12.8 Å². The summed E-state index contributed by atoms with van der Waals surface area (Å²) in [7, 11) is 0. The topological polar surface area (TPSA) is 61.8 Å². The van der Waals surface area contributed by atoms with Crippen LogP contribution in [0.2, 0.25) is 0 Å². The standard InChI is InChI=1S/C27H28O5/c1-19(2)13-14-27-17-21(16-24(27)32-26(27)29)18-30-25(28)12-11-20-7-6-10-23(15-20)31-22-8-4-3-5-9-22/h3-10,13,15,17,24H,11-12,14,16,18H2,1-2H3/t24-,27+/m0/s1. The van der Waals surface area contributed by atoms with Crippen molar-refractivity contribution in [1.29, 1.82) is 0 Å². The van der Waals surface area contributed by atoms with Crippen LogP contribution >= 0.6 is 0 Å². The van der Waals surface area contributed by atoms with E-state index in [9.17, 15) is 9.59 Å². The SMILES string of the molecule is CC(C)=CC[C@@]12C=C(COC(=O)CCc3cccc(Oc4ccccc4)c3)C[C@@H]1OC2=O. The van der Waals surface area contributed by atoms with Crippen molar-refractivity contribution in [3.8, 4) is 11.5 Å². The molecule has 0 N–H and O–H groups in total. The van der Waals surface area contributed by atoms with Crippen molar-refractivity contribution < 1.29 is 23.8 Å². The molecule has 2 atom stereocenters. The van der Waals surface area contributed by atoms with Crippen molar-refractivity contribution in [3.05, 3.63) is 83.5 Å². The molecule has 0 bridgehead atoms. The number of hydrogen-bond acceptors (Lipinski definition) is 5. The first-order valence-corrected chi connectivity index (χ1v) is 11.0. The van der Waals surface area contributed by atoms with Gasteiger partial charge in [-0.05, 0) is 62.1 Å². The molecule has 0 spiro atoms. The second kappa shape index (κ2) is 9.43. The zero-order valence-corrected chi connectivity index (χ0v) is 18.5. The number of benzene rings is 2. The summed E-state index contributed by atoms with van der Waals surface area (Å²) in [6.45, 7) is 4.24. The number of fused-ring (bicyclic) bond motifs is 1. The summed E-state index contributed by atoms with van der Waals surface area (Å²) in [6, 6.07) is 17.3. The fourth-order valence-corrected chi connectivity index (χ4v) is 4.08. The van der Waals surface area contributed by atoms with Gasteiger partial charge in [0.1, 0.15) is 29.6 Å². The highest BCUT2D eigenvalue weighted by atomic mass is 16.6. The summed E-state index contributed by atoms with van der Waals surface area (Å²) in [5.41, 5.74) is 2.56. The van der Waals surface area contributed by atoms with Gasteiger partial charge in [-0.1, -0.05) is 48.1 Å². The van der Waals surface area contributed by atoms with Crippen molar-refractivity contribution >= 4 is 11.9 Å². The molecule has 1 saturated heterocycles. The van der Waals surface area contributed by atoms with Crippen LogP contribution in [-0.2, 0) is 25.5 Å². The number of allylic oxidation sites excluding steroid dienone is 2. The number of carbonyl (C=O) groups is 2. The van der Waals surface area contributed by atoms with Gasteiger partial charge in [-0.15, -0.1) is 0 Å². The Bertz CT molecular complexity index is 1050. The van der Waals surface area contributed by atoms with Gasteiger partial charge in [0.15, 0.2) is 0 Å². The molecule has 1 aliphatic carbocycles. The minimum Gasteiger partial charge on any atom is -0.461 e. The van der Waals surface area contributed by atoms with Crippen molar-refractivity contribution in [3.63, 3.8) is 0 Å². The van der Waals surface area contributed by atoms with Crippen LogP contribution in [0.5, 0.6) is 11.5 Å². The Hall–Kier alpha value is -3.34. The van der Waals surface area contributed by atoms with Crippen LogP contribution in [-0.4, -0.2) is 24.6 Å². The first-order chi connectivity index (χ1) is 15.4. The molecular formula is C27H28O5. The monoisotopic (exact) mass is 432 g/mol. The zero-order chi connectivity index (χ0) is 22.6. The molecule has 4 rings (SSSR count). The Kier molecular flexibility index (Phi) is 6.45. The molecule has 0 unspecified atom stereocenters. The molecule has 2 aliphatic rings. The van der Waals surface area contributed by atoms with Gasteiger partial charge in [-0.3, -0.25) is 9.59 Å². The number of rotatable bonds is 9. The van der Waals surface area contributed by atoms with Gasteiger partial charge in [0.25, 0.3) is 0 Å². The molecular weight excluding hydrogens is 404 g/mol. The van der Waals surface area contributed by atoms with E-state index in [-0.39, 0.29) is 31.1 Å². The minimum absolute atomic E-state index is 0.133. The highest BCUT2D eigenvalue weighted by Gasteiger charge is 2.59. The third-order valence-corrected chi connectivity index (χ3v) is 5.87. The van der Waals surface area contributed by atoms with Crippen LogP contribution in [0.4, 0.5) is 0 Å². The number of esters is 2. The lowest BCUT2D eigenvalue weighted by atomic mass is 9.77. The molecule has 1 aliphatic heterocycles. The molecule has 0 amide bonds. The van der Waals surface area contributed by atoms with Crippen LogP contribution in [0.3, 0.4) is 0 Å². The van der Waals surface area contributed by atoms with E-state index in [1.54, 1.807) is 0 Å². The normalized spacial score (nSPS) is 21.0. The average molecular weight is 433 g/mol. The van der Waals surface area contributed by atoms with E-state index in [1.807, 2.05) is 74.5 Å². The Morgan fingerprint density at radius 3 is 2.66 bits per heavy atom. The highest BCUT2D eigenvalue weighted by molar-refractivity contribution is 5.87. The first kappa shape index (κ1) is 21.9. The lowest BCUT2D eigenvalue weighted by Gasteiger charge is -2.41. The molecule has 5 heteroatoms. The maximum Gasteiger partial charge on any atom is 0.320 e. The number of para-hydroxylation sites is 1. The van der Waals surface area contributed by atoms with Crippen LogP contribution < -0.4 is 4.74 Å². The summed E-state index contributed by atoms with van der Waals surface area (Å²) in [5, 5.41) is 0. The minimum atomic E-state index is -0.571. The fourth-order valence-electron chi connectivity index (χ4n) is 4.08. The summed E-state index contributed by atoms with van der Waals surface area (Å²) in [6.07, 6.45) is 6.01. The third kappa shape index (κ3) is 4.93. The molecule has 2 aromatic rings. The zero-order valence-electron chi connectivity index (χ0n) is 18.5.